The van der Waals surface area contributed by atoms with E-state index in [0.717, 1.165) is 25.7 Å². The summed E-state index contributed by atoms with van der Waals surface area (Å²) < 4.78 is 18.8. The predicted molar refractivity (Wildman–Crippen MR) is 84.0 cm³/mol. The second-order valence-corrected chi connectivity index (χ2v) is 5.49. The fourth-order valence-electron chi connectivity index (χ4n) is 2.20. The van der Waals surface area contributed by atoms with Crippen molar-refractivity contribution in [1.82, 2.24) is 15.5 Å². The van der Waals surface area contributed by atoms with Crippen molar-refractivity contribution in [2.75, 3.05) is 45.9 Å². The molecule has 23 heavy (non-hydrogen) atoms. The van der Waals surface area contributed by atoms with Gasteiger partial charge < -0.3 is 15.4 Å². The molecule has 0 bridgehead atoms. The minimum atomic E-state index is -0.720. The first-order valence-corrected chi connectivity index (χ1v) is 7.74. The molecule has 6 nitrogen and oxygen atoms in total. The van der Waals surface area contributed by atoms with Crippen LogP contribution in [0.4, 0.5) is 4.39 Å². The van der Waals surface area contributed by atoms with Crippen LogP contribution in [0, 0.1) is 5.82 Å². The molecule has 2 N–H and O–H groups in total. The van der Waals surface area contributed by atoms with E-state index in [1.54, 1.807) is 0 Å². The third-order valence-electron chi connectivity index (χ3n) is 3.45. The average Bonchev–Trinajstić information content (AvgIpc) is 2.54. The van der Waals surface area contributed by atoms with E-state index < -0.39 is 11.7 Å². The molecule has 1 aromatic rings. The average molecular weight is 344 g/mol. The van der Waals surface area contributed by atoms with Gasteiger partial charge >= 0.3 is 0 Å². The number of hydrogen-bond donors (Lipinski definition) is 2. The summed E-state index contributed by atoms with van der Waals surface area (Å²) >= 11 is 5.79. The van der Waals surface area contributed by atoms with Gasteiger partial charge in [-0.2, -0.15) is 0 Å². The van der Waals surface area contributed by atoms with Gasteiger partial charge in [-0.15, -0.1) is 0 Å². The molecular weight excluding hydrogens is 325 g/mol. The Labute approximate surface area is 138 Å². The van der Waals surface area contributed by atoms with Crippen LogP contribution in [0.15, 0.2) is 18.2 Å². The van der Waals surface area contributed by atoms with Crippen LogP contribution in [0.1, 0.15) is 10.4 Å². The molecule has 2 rings (SSSR count). The Kier molecular flexibility index (Phi) is 6.76. The lowest BCUT2D eigenvalue weighted by Crippen LogP contribution is -2.43. The zero-order valence-corrected chi connectivity index (χ0v) is 13.4. The van der Waals surface area contributed by atoms with Crippen molar-refractivity contribution in [3.8, 4) is 0 Å². The number of carbonyl (C=O) groups excluding carboxylic acids is 2. The number of nitrogens with zero attached hydrogens (tertiary/aromatic N) is 1. The van der Waals surface area contributed by atoms with Crippen LogP contribution in [0.3, 0.4) is 0 Å². The van der Waals surface area contributed by atoms with Gasteiger partial charge in [0.2, 0.25) is 5.91 Å². The van der Waals surface area contributed by atoms with Crippen LogP contribution in [0.5, 0.6) is 0 Å². The largest absolute Gasteiger partial charge is 0.379 e. The molecule has 0 radical (unpaired) electrons. The van der Waals surface area contributed by atoms with E-state index in [9.17, 15) is 14.0 Å². The Balaban J connectivity index is 1.70. The van der Waals surface area contributed by atoms with E-state index in [2.05, 4.69) is 15.5 Å². The highest BCUT2D eigenvalue weighted by atomic mass is 35.5. The van der Waals surface area contributed by atoms with Crippen LogP contribution in [-0.4, -0.2) is 62.7 Å². The van der Waals surface area contributed by atoms with E-state index in [-0.39, 0.29) is 23.0 Å². The van der Waals surface area contributed by atoms with E-state index in [1.165, 1.54) is 12.1 Å². The quantitative estimate of drug-likeness (QED) is 0.796. The standard InChI is InChI=1S/C15H19ClFN3O3/c16-11-2-1-3-12(17)14(11)15(22)19-10-13(21)18-4-5-20-6-8-23-9-7-20/h1-3H,4-10H2,(H,18,21)(H,19,22). The van der Waals surface area contributed by atoms with Crippen LogP contribution >= 0.6 is 11.6 Å². The molecule has 0 aliphatic carbocycles. The number of morpholine rings is 1. The molecule has 126 valence electrons. The Morgan fingerprint density at radius 2 is 2.00 bits per heavy atom. The number of carbonyl (C=O) groups is 2. The Hall–Kier alpha value is -1.70. The second-order valence-electron chi connectivity index (χ2n) is 5.08. The lowest BCUT2D eigenvalue weighted by Gasteiger charge is -2.26. The lowest BCUT2D eigenvalue weighted by molar-refractivity contribution is -0.120. The maximum atomic E-state index is 13.6. The van der Waals surface area contributed by atoms with Gasteiger partial charge in [-0.3, -0.25) is 14.5 Å². The van der Waals surface area contributed by atoms with Gasteiger partial charge in [0.15, 0.2) is 0 Å². The monoisotopic (exact) mass is 343 g/mol. The minimum Gasteiger partial charge on any atom is -0.379 e. The first-order valence-electron chi connectivity index (χ1n) is 7.37. The highest BCUT2D eigenvalue weighted by Crippen LogP contribution is 2.18. The molecule has 1 fully saturated rings. The molecule has 0 unspecified atom stereocenters. The summed E-state index contributed by atoms with van der Waals surface area (Å²) in [4.78, 5) is 25.8. The van der Waals surface area contributed by atoms with Crippen molar-refractivity contribution in [1.29, 1.82) is 0 Å². The number of ether oxygens (including phenoxy) is 1. The summed E-state index contributed by atoms with van der Waals surface area (Å²) in [5.41, 5.74) is -0.254. The summed E-state index contributed by atoms with van der Waals surface area (Å²) in [6.07, 6.45) is 0. The molecular formula is C15H19ClFN3O3. The third kappa shape index (κ3) is 5.46. The van der Waals surface area contributed by atoms with Crippen molar-refractivity contribution >= 4 is 23.4 Å². The van der Waals surface area contributed by atoms with Gasteiger partial charge in [0.25, 0.3) is 5.91 Å². The summed E-state index contributed by atoms with van der Waals surface area (Å²) in [5, 5.41) is 5.07. The minimum absolute atomic E-state index is 0.00947. The van der Waals surface area contributed by atoms with Gasteiger partial charge in [-0.1, -0.05) is 17.7 Å². The molecule has 0 saturated carbocycles. The van der Waals surface area contributed by atoms with Crippen molar-refractivity contribution in [2.45, 2.75) is 0 Å². The first-order chi connectivity index (χ1) is 11.1. The Morgan fingerprint density at radius 3 is 2.70 bits per heavy atom. The summed E-state index contributed by atoms with van der Waals surface area (Å²) in [6.45, 7) is 4.07. The molecule has 1 aromatic carbocycles. The van der Waals surface area contributed by atoms with Crippen molar-refractivity contribution in [3.05, 3.63) is 34.6 Å². The van der Waals surface area contributed by atoms with Gasteiger partial charge in [-0.05, 0) is 12.1 Å². The highest BCUT2D eigenvalue weighted by molar-refractivity contribution is 6.33. The lowest BCUT2D eigenvalue weighted by atomic mass is 10.2. The topological polar surface area (TPSA) is 70.7 Å². The predicted octanol–water partition coefficient (Wildman–Crippen LogP) is 0.657. The summed E-state index contributed by atoms with van der Waals surface area (Å²) in [7, 11) is 0. The van der Waals surface area contributed by atoms with Gasteiger partial charge in [0.05, 0.1) is 30.3 Å². The molecule has 2 amide bonds. The SMILES string of the molecule is O=C(CNC(=O)c1c(F)cccc1Cl)NCCN1CCOCC1. The molecule has 1 aliphatic heterocycles. The fraction of sp³-hybridized carbons (Fsp3) is 0.467. The van der Waals surface area contributed by atoms with Gasteiger partial charge in [-0.25, -0.2) is 4.39 Å². The van der Waals surface area contributed by atoms with Gasteiger partial charge in [0, 0.05) is 26.2 Å². The van der Waals surface area contributed by atoms with E-state index in [0.29, 0.717) is 19.8 Å². The normalized spacial score (nSPS) is 15.2. The summed E-state index contributed by atoms with van der Waals surface area (Å²) in [5.74, 6) is -1.77. The number of rotatable bonds is 6. The number of benzene rings is 1. The number of amides is 2. The smallest absolute Gasteiger partial charge is 0.256 e. The van der Waals surface area contributed by atoms with Crippen LogP contribution < -0.4 is 10.6 Å². The summed E-state index contributed by atoms with van der Waals surface area (Å²) in [6, 6.07) is 3.97. The number of hydrogen-bond acceptors (Lipinski definition) is 4. The van der Waals surface area contributed by atoms with Crippen molar-refractivity contribution in [3.63, 3.8) is 0 Å². The fourth-order valence-corrected chi connectivity index (χ4v) is 2.45. The van der Waals surface area contributed by atoms with Crippen molar-refractivity contribution < 1.29 is 18.7 Å². The van der Waals surface area contributed by atoms with E-state index in [4.69, 9.17) is 16.3 Å². The zero-order valence-electron chi connectivity index (χ0n) is 12.6. The molecule has 1 aliphatic rings. The highest BCUT2D eigenvalue weighted by Gasteiger charge is 2.16. The maximum Gasteiger partial charge on any atom is 0.256 e. The number of nitrogens with one attached hydrogen (secondary N) is 2. The molecule has 0 spiro atoms. The third-order valence-corrected chi connectivity index (χ3v) is 3.77. The maximum absolute atomic E-state index is 13.6. The molecule has 8 heteroatoms. The van der Waals surface area contributed by atoms with E-state index >= 15 is 0 Å². The van der Waals surface area contributed by atoms with Crippen LogP contribution in [0.2, 0.25) is 5.02 Å². The first kappa shape index (κ1) is 17.7. The second kappa shape index (κ2) is 8.81. The molecule has 0 atom stereocenters. The number of halogens is 2. The van der Waals surface area contributed by atoms with Crippen LogP contribution in [0.25, 0.3) is 0 Å². The van der Waals surface area contributed by atoms with Gasteiger partial charge in [0.1, 0.15) is 5.82 Å². The van der Waals surface area contributed by atoms with Crippen LogP contribution in [-0.2, 0) is 9.53 Å². The Bertz CT molecular complexity index is 545. The Morgan fingerprint density at radius 1 is 1.26 bits per heavy atom. The molecule has 1 saturated heterocycles. The molecule has 1 heterocycles. The van der Waals surface area contributed by atoms with Crippen molar-refractivity contribution in [2.24, 2.45) is 0 Å². The molecule has 0 aromatic heterocycles. The van der Waals surface area contributed by atoms with E-state index in [1.807, 2.05) is 0 Å². The zero-order chi connectivity index (χ0) is 16.7.